The number of aliphatic imine (C=N–C) groups is 2. The average molecular weight is 264 g/mol. The van der Waals surface area contributed by atoms with Gasteiger partial charge in [-0.2, -0.15) is 0 Å². The van der Waals surface area contributed by atoms with Crippen molar-refractivity contribution in [3.05, 3.63) is 29.8 Å². The second-order valence-corrected chi connectivity index (χ2v) is 4.77. The summed E-state index contributed by atoms with van der Waals surface area (Å²) >= 11 is 0. The van der Waals surface area contributed by atoms with Crippen LogP contribution in [0.5, 0.6) is 0 Å². The van der Waals surface area contributed by atoms with Gasteiger partial charge in [-0.1, -0.05) is 13.8 Å². The van der Waals surface area contributed by atoms with E-state index < -0.39 is 11.6 Å². The van der Waals surface area contributed by atoms with Gasteiger partial charge >= 0.3 is 0 Å². The molecule has 0 aliphatic carbocycles. The fourth-order valence-corrected chi connectivity index (χ4v) is 1.57. The van der Waals surface area contributed by atoms with E-state index in [0.717, 1.165) is 6.20 Å². The second-order valence-electron chi connectivity index (χ2n) is 4.77. The molecule has 0 saturated carbocycles. The molecule has 1 aromatic rings. The van der Waals surface area contributed by atoms with Gasteiger partial charge in [-0.3, -0.25) is 15.7 Å². The van der Waals surface area contributed by atoms with E-state index in [2.05, 4.69) is 39.4 Å². The molecule has 0 fully saturated rings. The van der Waals surface area contributed by atoms with E-state index in [1.165, 1.54) is 18.6 Å². The van der Waals surface area contributed by atoms with Crippen molar-refractivity contribution >= 4 is 12.3 Å². The van der Waals surface area contributed by atoms with Crippen molar-refractivity contribution in [3.63, 3.8) is 0 Å². The number of nitrogens with one attached hydrogen (secondary N) is 2. The third-order valence-electron chi connectivity index (χ3n) is 2.54. The highest BCUT2D eigenvalue weighted by atomic mass is 19.1. The Kier molecular flexibility index (Phi) is 3.75. The lowest BCUT2D eigenvalue weighted by Gasteiger charge is -2.31. The number of halogens is 1. The molecule has 0 amide bonds. The van der Waals surface area contributed by atoms with Gasteiger partial charge in [-0.15, -0.1) is 0 Å². The maximum Gasteiger partial charge on any atom is 0.214 e. The van der Waals surface area contributed by atoms with Crippen LogP contribution in [-0.4, -0.2) is 23.8 Å². The van der Waals surface area contributed by atoms with Crippen molar-refractivity contribution in [1.82, 2.24) is 15.6 Å². The molecule has 1 aromatic heterocycles. The SMILES string of the molecule is CC(C)CN=C1NC=NC(N)(c2cncc(F)c2)N1. The highest BCUT2D eigenvalue weighted by Gasteiger charge is 2.30. The van der Waals surface area contributed by atoms with E-state index in [9.17, 15) is 4.39 Å². The molecule has 1 aliphatic heterocycles. The monoisotopic (exact) mass is 264 g/mol. The minimum Gasteiger partial charge on any atom is -0.317 e. The molecule has 6 nitrogen and oxygen atoms in total. The standard InChI is InChI=1S/C12H17FN6/c1-8(2)4-16-11-17-7-18-12(14,19-11)9-3-10(13)6-15-5-9/h3,5-8H,4,14H2,1-2H3,(H2,16,17,18,19). The summed E-state index contributed by atoms with van der Waals surface area (Å²) < 4.78 is 13.2. The van der Waals surface area contributed by atoms with E-state index in [1.54, 1.807) is 0 Å². The average Bonchev–Trinajstić information content (AvgIpc) is 2.37. The molecule has 2 rings (SSSR count). The number of aromatic nitrogens is 1. The van der Waals surface area contributed by atoms with Crippen LogP contribution in [0.25, 0.3) is 0 Å². The van der Waals surface area contributed by atoms with Crippen LogP contribution < -0.4 is 16.4 Å². The third-order valence-corrected chi connectivity index (χ3v) is 2.54. The van der Waals surface area contributed by atoms with E-state index in [-0.39, 0.29) is 0 Å². The normalized spacial score (nSPS) is 24.4. The first kappa shape index (κ1) is 13.4. The number of nitrogens with two attached hydrogens (primary N) is 1. The van der Waals surface area contributed by atoms with Gasteiger partial charge in [0.05, 0.1) is 12.5 Å². The molecule has 19 heavy (non-hydrogen) atoms. The van der Waals surface area contributed by atoms with Gasteiger partial charge in [0.2, 0.25) is 5.79 Å². The highest BCUT2D eigenvalue weighted by molar-refractivity contribution is 5.92. The van der Waals surface area contributed by atoms with Crippen LogP contribution in [0.15, 0.2) is 28.4 Å². The summed E-state index contributed by atoms with van der Waals surface area (Å²) in [7, 11) is 0. The zero-order valence-electron chi connectivity index (χ0n) is 10.9. The summed E-state index contributed by atoms with van der Waals surface area (Å²) in [5.41, 5.74) is 6.54. The lowest BCUT2D eigenvalue weighted by molar-refractivity contribution is 0.414. The molecule has 4 N–H and O–H groups in total. The summed E-state index contributed by atoms with van der Waals surface area (Å²) in [6, 6.07) is 1.29. The van der Waals surface area contributed by atoms with Crippen LogP contribution in [0.1, 0.15) is 19.4 Å². The third kappa shape index (κ3) is 3.25. The number of nitrogens with zero attached hydrogens (tertiary/aromatic N) is 3. The molecule has 1 aliphatic rings. The molecule has 0 radical (unpaired) electrons. The van der Waals surface area contributed by atoms with Crippen molar-refractivity contribution in [2.75, 3.05) is 6.54 Å². The van der Waals surface area contributed by atoms with Gasteiger partial charge in [0.15, 0.2) is 5.96 Å². The molecular weight excluding hydrogens is 247 g/mol. The number of hydrogen-bond donors (Lipinski definition) is 3. The predicted octanol–water partition coefficient (Wildman–Crippen LogP) is 0.523. The Bertz CT molecular complexity index is 513. The smallest absolute Gasteiger partial charge is 0.214 e. The summed E-state index contributed by atoms with van der Waals surface area (Å²) in [6.45, 7) is 4.78. The Hall–Kier alpha value is -2.02. The molecule has 2 heterocycles. The first-order chi connectivity index (χ1) is 8.99. The van der Waals surface area contributed by atoms with Crippen molar-refractivity contribution < 1.29 is 4.39 Å². The first-order valence-electron chi connectivity index (χ1n) is 6.02. The Balaban J connectivity index is 2.22. The Morgan fingerprint density at radius 2 is 2.26 bits per heavy atom. The Morgan fingerprint density at radius 1 is 1.47 bits per heavy atom. The molecular formula is C12H17FN6. The topological polar surface area (TPSA) is 87.7 Å². The molecule has 1 atom stereocenters. The highest BCUT2D eigenvalue weighted by Crippen LogP contribution is 2.17. The number of hydrogen-bond acceptors (Lipinski definition) is 4. The molecule has 0 spiro atoms. The van der Waals surface area contributed by atoms with E-state index in [1.807, 2.05) is 0 Å². The quantitative estimate of drug-likeness (QED) is 0.743. The van der Waals surface area contributed by atoms with E-state index in [4.69, 9.17) is 5.73 Å². The van der Waals surface area contributed by atoms with Crippen molar-refractivity contribution in [2.45, 2.75) is 19.6 Å². The minimum absolute atomic E-state index is 0.429. The Labute approximate surface area is 111 Å². The molecule has 7 heteroatoms. The van der Waals surface area contributed by atoms with Crippen LogP contribution in [0.4, 0.5) is 4.39 Å². The largest absolute Gasteiger partial charge is 0.317 e. The fourth-order valence-electron chi connectivity index (χ4n) is 1.57. The van der Waals surface area contributed by atoms with Gasteiger partial charge in [-0.25, -0.2) is 9.38 Å². The number of guanidine groups is 1. The maximum atomic E-state index is 13.2. The molecule has 0 bridgehead atoms. The van der Waals surface area contributed by atoms with Crippen LogP contribution in [0.2, 0.25) is 0 Å². The summed E-state index contributed by atoms with van der Waals surface area (Å²) in [4.78, 5) is 12.2. The van der Waals surface area contributed by atoms with E-state index in [0.29, 0.717) is 24.0 Å². The predicted molar refractivity (Wildman–Crippen MR) is 72.0 cm³/mol. The molecule has 0 aromatic carbocycles. The van der Waals surface area contributed by atoms with E-state index >= 15 is 0 Å². The van der Waals surface area contributed by atoms with Gasteiger partial charge < -0.3 is 10.6 Å². The second kappa shape index (κ2) is 5.31. The summed E-state index contributed by atoms with van der Waals surface area (Å²) in [6.07, 6.45) is 4.03. The van der Waals surface area contributed by atoms with Crippen LogP contribution in [0.3, 0.4) is 0 Å². The molecule has 0 saturated heterocycles. The van der Waals surface area contributed by atoms with Gasteiger partial charge in [0.25, 0.3) is 0 Å². The van der Waals surface area contributed by atoms with Crippen molar-refractivity contribution in [1.29, 1.82) is 0 Å². The van der Waals surface area contributed by atoms with Crippen molar-refractivity contribution in [2.24, 2.45) is 21.6 Å². The number of rotatable bonds is 3. The van der Waals surface area contributed by atoms with Crippen molar-refractivity contribution in [3.8, 4) is 0 Å². The van der Waals surface area contributed by atoms with Crippen LogP contribution in [0, 0.1) is 11.7 Å². The summed E-state index contributed by atoms with van der Waals surface area (Å²) in [5, 5.41) is 5.81. The molecule has 102 valence electrons. The van der Waals surface area contributed by atoms with Crippen LogP contribution >= 0.6 is 0 Å². The molecule has 1 unspecified atom stereocenters. The zero-order valence-corrected chi connectivity index (χ0v) is 10.9. The Morgan fingerprint density at radius 3 is 2.95 bits per heavy atom. The minimum atomic E-state index is -1.25. The fraction of sp³-hybridized carbons (Fsp3) is 0.417. The lowest BCUT2D eigenvalue weighted by atomic mass is 10.1. The number of pyridine rings is 1. The zero-order chi connectivity index (χ0) is 13.9. The van der Waals surface area contributed by atoms with Gasteiger partial charge in [0.1, 0.15) is 5.82 Å². The van der Waals surface area contributed by atoms with Gasteiger partial charge in [0, 0.05) is 18.3 Å². The first-order valence-corrected chi connectivity index (χ1v) is 6.02. The van der Waals surface area contributed by atoms with Crippen LogP contribution in [-0.2, 0) is 5.79 Å². The van der Waals surface area contributed by atoms with Gasteiger partial charge in [-0.05, 0) is 12.0 Å². The lowest BCUT2D eigenvalue weighted by Crippen LogP contribution is -2.59. The maximum absolute atomic E-state index is 13.2. The summed E-state index contributed by atoms with van der Waals surface area (Å²) in [5.74, 6) is -0.775.